The summed E-state index contributed by atoms with van der Waals surface area (Å²) in [6, 6.07) is 23.7. The van der Waals surface area contributed by atoms with Crippen LogP contribution >= 0.6 is 0 Å². The molecule has 0 radical (unpaired) electrons. The first-order valence-corrected chi connectivity index (χ1v) is 11.0. The summed E-state index contributed by atoms with van der Waals surface area (Å²) < 4.78 is 1.97. The fourth-order valence-electron chi connectivity index (χ4n) is 4.99. The van der Waals surface area contributed by atoms with E-state index in [1.54, 1.807) is 18.3 Å². The largest absolute Gasteiger partial charge is 0.507 e. The molecule has 1 unspecified atom stereocenters. The average molecular weight is 447 g/mol. The van der Waals surface area contributed by atoms with Crippen LogP contribution in [-0.4, -0.2) is 26.3 Å². The van der Waals surface area contributed by atoms with Crippen molar-refractivity contribution >= 4 is 44.9 Å². The molecule has 0 bridgehead atoms. The van der Waals surface area contributed by atoms with E-state index in [9.17, 15) is 14.7 Å². The Balaban J connectivity index is 1.66. The van der Waals surface area contributed by atoms with Crippen molar-refractivity contribution in [3.05, 3.63) is 108 Å². The third kappa shape index (κ3) is 2.82. The van der Waals surface area contributed by atoms with E-state index in [4.69, 9.17) is 0 Å². The van der Waals surface area contributed by atoms with Crippen LogP contribution in [0.15, 0.2) is 96.8 Å². The van der Waals surface area contributed by atoms with Gasteiger partial charge in [0.25, 0.3) is 11.7 Å². The van der Waals surface area contributed by atoms with Crippen LogP contribution in [0.2, 0.25) is 0 Å². The molecule has 1 amide bonds. The van der Waals surface area contributed by atoms with E-state index in [2.05, 4.69) is 4.98 Å². The number of ketones is 1. The number of carbonyl (C=O) groups excluding carboxylic acids is 2. The highest BCUT2D eigenvalue weighted by Gasteiger charge is 2.48. The Bertz CT molecular complexity index is 1620. The molecule has 34 heavy (non-hydrogen) atoms. The third-order valence-corrected chi connectivity index (χ3v) is 6.55. The van der Waals surface area contributed by atoms with Crippen molar-refractivity contribution in [3.8, 4) is 0 Å². The Hall–Kier alpha value is -4.58. The van der Waals surface area contributed by atoms with Crippen molar-refractivity contribution in [1.29, 1.82) is 0 Å². The Labute approximate surface area is 195 Å². The van der Waals surface area contributed by atoms with E-state index >= 15 is 0 Å². The van der Waals surface area contributed by atoms with Gasteiger partial charge in [-0.25, -0.2) is 0 Å². The SMILES string of the molecule is Cn1cc(C2/C(=C(\O)c3c[nH]c4ccccc34)C(=O)C(=O)N2c2ccccc2)c2ccccc21. The molecule has 3 heterocycles. The molecule has 1 aliphatic heterocycles. The number of aliphatic hydroxyl groups excluding tert-OH is 1. The van der Waals surface area contributed by atoms with Gasteiger partial charge in [-0.15, -0.1) is 0 Å². The number of hydrogen-bond donors (Lipinski definition) is 2. The molecule has 0 saturated carbocycles. The van der Waals surface area contributed by atoms with Crippen LogP contribution in [-0.2, 0) is 16.6 Å². The number of aromatic amines is 1. The molecule has 6 heteroatoms. The number of carbonyl (C=O) groups is 2. The maximum absolute atomic E-state index is 13.5. The van der Waals surface area contributed by atoms with Gasteiger partial charge in [-0.3, -0.25) is 14.5 Å². The maximum atomic E-state index is 13.5. The van der Waals surface area contributed by atoms with E-state index in [1.165, 1.54) is 4.90 Å². The second-order valence-corrected chi connectivity index (χ2v) is 8.47. The van der Waals surface area contributed by atoms with Crippen LogP contribution in [0.3, 0.4) is 0 Å². The smallest absolute Gasteiger partial charge is 0.300 e. The lowest BCUT2D eigenvalue weighted by Gasteiger charge is -2.25. The van der Waals surface area contributed by atoms with Gasteiger partial charge in [0.05, 0.1) is 11.6 Å². The van der Waals surface area contributed by atoms with Crippen LogP contribution in [0, 0.1) is 0 Å². The minimum atomic E-state index is -0.776. The van der Waals surface area contributed by atoms with Gasteiger partial charge in [0, 0.05) is 58.1 Å². The fourth-order valence-corrected chi connectivity index (χ4v) is 4.99. The second kappa shape index (κ2) is 7.49. The maximum Gasteiger partial charge on any atom is 0.300 e. The van der Waals surface area contributed by atoms with Crippen molar-refractivity contribution in [2.24, 2.45) is 7.05 Å². The van der Waals surface area contributed by atoms with Crippen LogP contribution in [0.5, 0.6) is 0 Å². The van der Waals surface area contributed by atoms with Gasteiger partial charge >= 0.3 is 0 Å². The van der Waals surface area contributed by atoms with Crippen molar-refractivity contribution in [1.82, 2.24) is 9.55 Å². The molecule has 1 atom stereocenters. The first-order valence-electron chi connectivity index (χ1n) is 11.0. The average Bonchev–Trinajstić information content (AvgIpc) is 3.52. The molecule has 0 aliphatic carbocycles. The number of nitrogens with zero attached hydrogens (tertiary/aromatic N) is 2. The molecule has 6 rings (SSSR count). The van der Waals surface area contributed by atoms with Crippen LogP contribution in [0.25, 0.3) is 27.6 Å². The second-order valence-electron chi connectivity index (χ2n) is 8.47. The molecular formula is C28H21N3O3. The topological polar surface area (TPSA) is 78.3 Å². The van der Waals surface area contributed by atoms with Gasteiger partial charge in [-0.2, -0.15) is 0 Å². The van der Waals surface area contributed by atoms with E-state index in [0.29, 0.717) is 11.3 Å². The Kier molecular flexibility index (Phi) is 4.42. The van der Waals surface area contributed by atoms with Gasteiger partial charge in [0.2, 0.25) is 0 Å². The zero-order valence-corrected chi connectivity index (χ0v) is 18.4. The van der Waals surface area contributed by atoms with Gasteiger partial charge in [0.15, 0.2) is 0 Å². The molecule has 2 aromatic heterocycles. The fraction of sp³-hybridized carbons (Fsp3) is 0.0714. The normalized spacial score (nSPS) is 17.8. The minimum Gasteiger partial charge on any atom is -0.507 e. The number of aliphatic hydroxyl groups is 1. The highest BCUT2D eigenvalue weighted by Crippen LogP contribution is 2.45. The number of Topliss-reactive ketones (excluding diaryl/α,β-unsaturated/α-hetero) is 1. The number of aromatic nitrogens is 2. The molecule has 3 aromatic carbocycles. The Morgan fingerprint density at radius 2 is 1.56 bits per heavy atom. The number of benzene rings is 3. The molecule has 1 saturated heterocycles. The van der Waals surface area contributed by atoms with Gasteiger partial charge in [0.1, 0.15) is 5.76 Å². The van der Waals surface area contributed by atoms with E-state index in [0.717, 1.165) is 27.4 Å². The number of aryl methyl sites for hydroxylation is 1. The molecular weight excluding hydrogens is 426 g/mol. The van der Waals surface area contributed by atoms with Crippen molar-refractivity contribution in [2.75, 3.05) is 4.90 Å². The standard InChI is InChI=1S/C28H21N3O3/c1-30-16-21(19-12-6-8-14-23(19)30)25-24(26(32)20-15-29-22-13-7-5-11-18(20)22)27(33)28(34)31(25)17-9-3-2-4-10-17/h2-16,25,29,32H,1H3/b26-24+. The van der Waals surface area contributed by atoms with Crippen LogP contribution < -0.4 is 4.90 Å². The number of H-pyrrole nitrogens is 1. The summed E-state index contributed by atoms with van der Waals surface area (Å²) in [6.45, 7) is 0. The van der Waals surface area contributed by atoms with E-state index < -0.39 is 17.7 Å². The summed E-state index contributed by atoms with van der Waals surface area (Å²) in [7, 11) is 1.93. The monoisotopic (exact) mass is 447 g/mol. The number of para-hydroxylation sites is 3. The third-order valence-electron chi connectivity index (χ3n) is 6.55. The predicted octanol–water partition coefficient (Wildman–Crippen LogP) is 5.29. The summed E-state index contributed by atoms with van der Waals surface area (Å²) in [5.74, 6) is -1.55. The predicted molar refractivity (Wildman–Crippen MR) is 132 cm³/mol. The first kappa shape index (κ1) is 20.1. The molecule has 2 N–H and O–H groups in total. The van der Waals surface area contributed by atoms with Crippen LogP contribution in [0.4, 0.5) is 5.69 Å². The lowest BCUT2D eigenvalue weighted by Crippen LogP contribution is -2.29. The Morgan fingerprint density at radius 3 is 2.35 bits per heavy atom. The zero-order chi connectivity index (χ0) is 23.4. The molecule has 0 spiro atoms. The summed E-state index contributed by atoms with van der Waals surface area (Å²) in [4.78, 5) is 31.5. The summed E-state index contributed by atoms with van der Waals surface area (Å²) >= 11 is 0. The number of hydrogen-bond acceptors (Lipinski definition) is 3. The minimum absolute atomic E-state index is 0.0787. The van der Waals surface area contributed by atoms with Gasteiger partial charge in [-0.05, 0) is 24.3 Å². The molecule has 1 fully saturated rings. The van der Waals surface area contributed by atoms with E-state index in [-0.39, 0.29) is 11.3 Å². The molecule has 5 aromatic rings. The summed E-state index contributed by atoms with van der Waals surface area (Å²) in [6.07, 6.45) is 3.61. The lowest BCUT2D eigenvalue weighted by atomic mass is 9.94. The molecule has 6 nitrogen and oxygen atoms in total. The quantitative estimate of drug-likeness (QED) is 0.224. The number of anilines is 1. The van der Waals surface area contributed by atoms with Crippen LogP contribution in [0.1, 0.15) is 17.2 Å². The summed E-state index contributed by atoms with van der Waals surface area (Å²) in [5.41, 5.74) is 3.76. The van der Waals surface area contributed by atoms with Gasteiger partial charge in [-0.1, -0.05) is 54.6 Å². The Morgan fingerprint density at radius 1 is 0.882 bits per heavy atom. The molecule has 166 valence electrons. The lowest BCUT2D eigenvalue weighted by molar-refractivity contribution is -0.132. The number of amides is 1. The summed E-state index contributed by atoms with van der Waals surface area (Å²) in [5, 5.41) is 13.2. The number of rotatable bonds is 3. The highest BCUT2D eigenvalue weighted by molar-refractivity contribution is 6.52. The molecule has 1 aliphatic rings. The van der Waals surface area contributed by atoms with Crippen molar-refractivity contribution in [3.63, 3.8) is 0 Å². The zero-order valence-electron chi connectivity index (χ0n) is 18.4. The highest BCUT2D eigenvalue weighted by atomic mass is 16.3. The van der Waals surface area contributed by atoms with E-state index in [1.807, 2.05) is 84.5 Å². The van der Waals surface area contributed by atoms with Gasteiger partial charge < -0.3 is 14.7 Å². The number of fused-ring (bicyclic) bond motifs is 2. The van der Waals surface area contributed by atoms with Crippen molar-refractivity contribution in [2.45, 2.75) is 6.04 Å². The van der Waals surface area contributed by atoms with Crippen molar-refractivity contribution < 1.29 is 14.7 Å². The first-order chi connectivity index (χ1) is 16.6. The number of nitrogens with one attached hydrogen (secondary N) is 1.